The Morgan fingerprint density at radius 1 is 1.50 bits per heavy atom. The lowest BCUT2D eigenvalue weighted by Gasteiger charge is -2.34. The first-order valence-corrected chi connectivity index (χ1v) is 5.04. The molecule has 1 aromatic heterocycles. The lowest BCUT2D eigenvalue weighted by atomic mass is 9.89. The summed E-state index contributed by atoms with van der Waals surface area (Å²) in [6.07, 6.45) is 4.55. The van der Waals surface area contributed by atoms with Crippen molar-refractivity contribution in [2.24, 2.45) is 0 Å². The van der Waals surface area contributed by atoms with Crippen LogP contribution in [0.15, 0.2) is 24.4 Å². The van der Waals surface area contributed by atoms with Crippen molar-refractivity contribution in [2.75, 3.05) is 7.11 Å². The average Bonchev–Trinajstić information content (AvgIpc) is 2.17. The van der Waals surface area contributed by atoms with Gasteiger partial charge >= 0.3 is 0 Å². The zero-order chi connectivity index (χ0) is 9.80. The second kappa shape index (κ2) is 4.53. The number of rotatable bonds is 4. The van der Waals surface area contributed by atoms with E-state index in [0.29, 0.717) is 12.1 Å². The molecule has 0 aliphatic heterocycles. The number of nitrogens with one attached hydrogen (secondary N) is 1. The van der Waals surface area contributed by atoms with Crippen molar-refractivity contribution >= 4 is 0 Å². The first-order chi connectivity index (χ1) is 6.88. The molecule has 0 saturated heterocycles. The maximum atomic E-state index is 5.21. The van der Waals surface area contributed by atoms with Gasteiger partial charge in [-0.3, -0.25) is 4.98 Å². The largest absolute Gasteiger partial charge is 0.381 e. The van der Waals surface area contributed by atoms with Gasteiger partial charge in [0.25, 0.3) is 0 Å². The Hall–Kier alpha value is -0.930. The third-order valence-corrected chi connectivity index (χ3v) is 2.73. The summed E-state index contributed by atoms with van der Waals surface area (Å²) in [6, 6.07) is 6.61. The molecule has 1 aliphatic carbocycles. The molecule has 3 heteroatoms. The minimum atomic E-state index is 0.469. The third-order valence-electron chi connectivity index (χ3n) is 2.73. The fraction of sp³-hybridized carbons (Fsp3) is 0.545. The number of methoxy groups -OCH3 is 1. The molecule has 0 amide bonds. The highest BCUT2D eigenvalue weighted by atomic mass is 16.5. The summed E-state index contributed by atoms with van der Waals surface area (Å²) >= 11 is 0. The predicted molar refractivity (Wildman–Crippen MR) is 54.9 cm³/mol. The van der Waals surface area contributed by atoms with Crippen LogP contribution in [0.25, 0.3) is 0 Å². The van der Waals surface area contributed by atoms with Crippen molar-refractivity contribution in [3.8, 4) is 0 Å². The van der Waals surface area contributed by atoms with E-state index in [1.54, 1.807) is 7.11 Å². The highest BCUT2D eigenvalue weighted by Crippen LogP contribution is 2.22. The summed E-state index contributed by atoms with van der Waals surface area (Å²) in [7, 11) is 1.78. The Morgan fingerprint density at radius 2 is 2.36 bits per heavy atom. The SMILES string of the molecule is COC1CC(NCc2ccccn2)C1. The number of aromatic nitrogens is 1. The molecule has 76 valence electrons. The molecule has 0 unspecified atom stereocenters. The number of pyridine rings is 1. The van der Waals surface area contributed by atoms with Gasteiger partial charge in [0.05, 0.1) is 11.8 Å². The van der Waals surface area contributed by atoms with E-state index in [0.717, 1.165) is 25.1 Å². The van der Waals surface area contributed by atoms with Gasteiger partial charge in [-0.2, -0.15) is 0 Å². The van der Waals surface area contributed by atoms with E-state index in [1.165, 1.54) is 0 Å². The van der Waals surface area contributed by atoms with Crippen LogP contribution >= 0.6 is 0 Å². The van der Waals surface area contributed by atoms with Crippen LogP contribution in [-0.4, -0.2) is 24.2 Å². The van der Waals surface area contributed by atoms with Gasteiger partial charge in [0, 0.05) is 25.9 Å². The van der Waals surface area contributed by atoms with Crippen molar-refractivity contribution in [3.63, 3.8) is 0 Å². The Bertz CT molecular complexity index is 270. The molecule has 0 atom stereocenters. The summed E-state index contributed by atoms with van der Waals surface area (Å²) in [4.78, 5) is 4.25. The van der Waals surface area contributed by atoms with Crippen molar-refractivity contribution in [3.05, 3.63) is 30.1 Å². The normalized spacial score (nSPS) is 25.8. The Morgan fingerprint density at radius 3 is 3.00 bits per heavy atom. The quantitative estimate of drug-likeness (QED) is 0.782. The van der Waals surface area contributed by atoms with Crippen molar-refractivity contribution < 1.29 is 4.74 Å². The van der Waals surface area contributed by atoms with Crippen LogP contribution in [0.3, 0.4) is 0 Å². The monoisotopic (exact) mass is 192 g/mol. The molecular formula is C11H16N2O. The van der Waals surface area contributed by atoms with Crippen LogP contribution < -0.4 is 5.32 Å². The van der Waals surface area contributed by atoms with Crippen LogP contribution in [0, 0.1) is 0 Å². The summed E-state index contributed by atoms with van der Waals surface area (Å²) in [5, 5.41) is 3.46. The molecule has 2 rings (SSSR count). The molecule has 1 saturated carbocycles. The standard InChI is InChI=1S/C11H16N2O/c1-14-11-6-10(7-11)13-8-9-4-2-3-5-12-9/h2-5,10-11,13H,6-8H2,1H3. The van der Waals surface area contributed by atoms with E-state index in [-0.39, 0.29) is 0 Å². The van der Waals surface area contributed by atoms with E-state index < -0.39 is 0 Å². The van der Waals surface area contributed by atoms with E-state index in [4.69, 9.17) is 4.74 Å². The Kier molecular flexibility index (Phi) is 3.11. The average molecular weight is 192 g/mol. The van der Waals surface area contributed by atoms with Crippen LogP contribution in [0.4, 0.5) is 0 Å². The minimum Gasteiger partial charge on any atom is -0.381 e. The van der Waals surface area contributed by atoms with E-state index in [1.807, 2.05) is 24.4 Å². The van der Waals surface area contributed by atoms with Gasteiger partial charge in [0.1, 0.15) is 0 Å². The first-order valence-electron chi connectivity index (χ1n) is 5.04. The van der Waals surface area contributed by atoms with Gasteiger partial charge < -0.3 is 10.1 Å². The maximum Gasteiger partial charge on any atom is 0.0601 e. The molecule has 1 aliphatic rings. The van der Waals surface area contributed by atoms with Crippen molar-refractivity contribution in [2.45, 2.75) is 31.5 Å². The second-order valence-electron chi connectivity index (χ2n) is 3.73. The third kappa shape index (κ3) is 2.30. The molecule has 14 heavy (non-hydrogen) atoms. The molecule has 1 heterocycles. The lowest BCUT2D eigenvalue weighted by Crippen LogP contribution is -2.44. The van der Waals surface area contributed by atoms with Gasteiger partial charge in [0.15, 0.2) is 0 Å². The van der Waals surface area contributed by atoms with Crippen molar-refractivity contribution in [1.29, 1.82) is 0 Å². The van der Waals surface area contributed by atoms with Crippen LogP contribution in [0.1, 0.15) is 18.5 Å². The van der Waals surface area contributed by atoms with Crippen LogP contribution in [0.5, 0.6) is 0 Å². The molecule has 1 fully saturated rings. The molecule has 0 bridgehead atoms. The number of nitrogens with zero attached hydrogens (tertiary/aromatic N) is 1. The molecule has 1 aromatic rings. The topological polar surface area (TPSA) is 34.1 Å². The summed E-state index contributed by atoms with van der Waals surface area (Å²) < 4.78 is 5.21. The van der Waals surface area contributed by atoms with Gasteiger partial charge in [-0.25, -0.2) is 0 Å². The zero-order valence-electron chi connectivity index (χ0n) is 8.44. The fourth-order valence-corrected chi connectivity index (χ4v) is 1.68. The zero-order valence-corrected chi connectivity index (χ0v) is 8.44. The van der Waals surface area contributed by atoms with Gasteiger partial charge in [-0.05, 0) is 25.0 Å². The fourth-order valence-electron chi connectivity index (χ4n) is 1.68. The highest BCUT2D eigenvalue weighted by Gasteiger charge is 2.28. The molecule has 3 nitrogen and oxygen atoms in total. The maximum absolute atomic E-state index is 5.21. The van der Waals surface area contributed by atoms with Crippen LogP contribution in [0.2, 0.25) is 0 Å². The summed E-state index contributed by atoms with van der Waals surface area (Å²) in [5.41, 5.74) is 1.10. The molecule has 1 N–H and O–H groups in total. The molecule has 0 radical (unpaired) electrons. The predicted octanol–water partition coefficient (Wildman–Crippen LogP) is 1.35. The minimum absolute atomic E-state index is 0.469. The van der Waals surface area contributed by atoms with Gasteiger partial charge in [-0.1, -0.05) is 6.07 Å². The number of ether oxygens (including phenoxy) is 1. The molecular weight excluding hydrogens is 176 g/mol. The smallest absolute Gasteiger partial charge is 0.0601 e. The Balaban J connectivity index is 1.69. The molecule has 0 aromatic carbocycles. The van der Waals surface area contributed by atoms with E-state index in [2.05, 4.69) is 10.3 Å². The number of hydrogen-bond acceptors (Lipinski definition) is 3. The van der Waals surface area contributed by atoms with E-state index >= 15 is 0 Å². The van der Waals surface area contributed by atoms with Crippen LogP contribution in [-0.2, 0) is 11.3 Å². The first kappa shape index (κ1) is 9.62. The molecule has 0 spiro atoms. The van der Waals surface area contributed by atoms with Gasteiger partial charge in [-0.15, -0.1) is 0 Å². The number of hydrogen-bond donors (Lipinski definition) is 1. The summed E-state index contributed by atoms with van der Waals surface area (Å²) in [5.74, 6) is 0. The second-order valence-corrected chi connectivity index (χ2v) is 3.73. The van der Waals surface area contributed by atoms with Crippen molar-refractivity contribution in [1.82, 2.24) is 10.3 Å². The summed E-state index contributed by atoms with van der Waals surface area (Å²) in [6.45, 7) is 0.863. The van der Waals surface area contributed by atoms with Gasteiger partial charge in [0.2, 0.25) is 0 Å². The van der Waals surface area contributed by atoms with E-state index in [9.17, 15) is 0 Å². The highest BCUT2D eigenvalue weighted by molar-refractivity contribution is 5.03. The lowest BCUT2D eigenvalue weighted by molar-refractivity contribution is 0.0169. The Labute approximate surface area is 84.5 Å².